The Morgan fingerprint density at radius 2 is 2.00 bits per heavy atom. The number of aromatic amines is 2. The van der Waals surface area contributed by atoms with Crippen molar-refractivity contribution in [2.45, 2.75) is 13.0 Å². The highest BCUT2D eigenvalue weighted by Crippen LogP contribution is 2.24. The summed E-state index contributed by atoms with van der Waals surface area (Å²) in [4.78, 5) is 25.6. The van der Waals surface area contributed by atoms with E-state index < -0.39 is 0 Å². The number of carbonyl (C=O) groups is 1. The Kier molecular flexibility index (Phi) is 3.31. The molecule has 0 atom stereocenters. The van der Waals surface area contributed by atoms with Crippen LogP contribution in [-0.2, 0) is 13.0 Å². The van der Waals surface area contributed by atoms with Gasteiger partial charge in [-0.1, -0.05) is 23.2 Å². The summed E-state index contributed by atoms with van der Waals surface area (Å²) in [6.07, 6.45) is 0.626. The smallest absolute Gasteiger partial charge is 0.269 e. The molecule has 2 heterocycles. The average molecular weight is 312 g/mol. The lowest BCUT2D eigenvalue weighted by atomic mass is 10.1. The number of hydrogen-bond donors (Lipinski definition) is 2. The van der Waals surface area contributed by atoms with E-state index in [1.165, 1.54) is 0 Å². The molecule has 0 bridgehead atoms. The van der Waals surface area contributed by atoms with E-state index in [1.54, 1.807) is 23.1 Å². The molecule has 3 rings (SSSR count). The Hall–Kier alpha value is -1.72. The van der Waals surface area contributed by atoms with Crippen molar-refractivity contribution in [3.05, 3.63) is 55.4 Å². The highest BCUT2D eigenvalue weighted by Gasteiger charge is 2.25. The predicted octanol–water partition coefficient (Wildman–Crippen LogP) is 2.21. The standard InChI is InChI=1S/C13H11Cl2N3O2/c14-9-2-1-7(5-10(9)15)13(20)18-4-3-11-8(6-18)12(19)17-16-11/h1-2,5H,3-4,6H2,(H2,16,17,19). The lowest BCUT2D eigenvalue weighted by molar-refractivity contribution is 0.0734. The lowest BCUT2D eigenvalue weighted by Gasteiger charge is -2.26. The molecule has 1 aliphatic heterocycles. The third-order valence-electron chi connectivity index (χ3n) is 3.40. The van der Waals surface area contributed by atoms with Gasteiger partial charge >= 0.3 is 0 Å². The van der Waals surface area contributed by atoms with Gasteiger partial charge in [0.05, 0.1) is 22.2 Å². The minimum Gasteiger partial charge on any atom is -0.334 e. The second-order valence-electron chi connectivity index (χ2n) is 4.64. The molecule has 1 aliphatic rings. The molecule has 1 amide bonds. The predicted molar refractivity (Wildman–Crippen MR) is 76.3 cm³/mol. The molecule has 5 nitrogen and oxygen atoms in total. The van der Waals surface area contributed by atoms with Gasteiger partial charge in [0.2, 0.25) is 0 Å². The molecule has 0 saturated heterocycles. The Balaban J connectivity index is 1.87. The summed E-state index contributed by atoms with van der Waals surface area (Å²) in [6.45, 7) is 0.854. The maximum Gasteiger partial charge on any atom is 0.269 e. The van der Waals surface area contributed by atoms with Crippen LogP contribution in [0.4, 0.5) is 0 Å². The van der Waals surface area contributed by atoms with Gasteiger partial charge in [0.25, 0.3) is 11.5 Å². The van der Waals surface area contributed by atoms with Crippen LogP contribution in [0.5, 0.6) is 0 Å². The Morgan fingerprint density at radius 3 is 2.75 bits per heavy atom. The van der Waals surface area contributed by atoms with Gasteiger partial charge in [-0.2, -0.15) is 0 Å². The van der Waals surface area contributed by atoms with Crippen LogP contribution in [-0.4, -0.2) is 27.5 Å². The van der Waals surface area contributed by atoms with Crippen LogP contribution in [0.15, 0.2) is 23.0 Å². The average Bonchev–Trinajstić information content (AvgIpc) is 2.82. The minimum absolute atomic E-state index is 0.158. The third kappa shape index (κ3) is 2.23. The number of halogens is 2. The van der Waals surface area contributed by atoms with Crippen LogP contribution in [0.25, 0.3) is 0 Å². The molecule has 0 aliphatic carbocycles. The SMILES string of the molecule is O=C(c1ccc(Cl)c(Cl)c1)N1CCc2[nH][nH]c(=O)c2C1. The van der Waals surface area contributed by atoms with E-state index in [2.05, 4.69) is 10.2 Å². The van der Waals surface area contributed by atoms with Gasteiger partial charge in [-0.3, -0.25) is 14.7 Å². The summed E-state index contributed by atoms with van der Waals surface area (Å²) >= 11 is 11.8. The lowest BCUT2D eigenvalue weighted by Crippen LogP contribution is -2.37. The monoisotopic (exact) mass is 311 g/mol. The Morgan fingerprint density at radius 1 is 1.20 bits per heavy atom. The number of benzene rings is 1. The number of rotatable bonds is 1. The van der Waals surface area contributed by atoms with E-state index in [1.807, 2.05) is 0 Å². The quantitative estimate of drug-likeness (QED) is 0.847. The molecule has 0 unspecified atom stereocenters. The first-order chi connectivity index (χ1) is 9.56. The van der Waals surface area contributed by atoms with E-state index in [9.17, 15) is 9.59 Å². The Bertz CT molecular complexity index is 735. The van der Waals surface area contributed by atoms with Crippen molar-refractivity contribution in [2.24, 2.45) is 0 Å². The minimum atomic E-state index is -0.174. The Labute approximate surface area is 124 Å². The van der Waals surface area contributed by atoms with Crippen LogP contribution in [0, 0.1) is 0 Å². The van der Waals surface area contributed by atoms with Crippen molar-refractivity contribution >= 4 is 29.1 Å². The zero-order chi connectivity index (χ0) is 14.3. The molecule has 104 valence electrons. The molecule has 20 heavy (non-hydrogen) atoms. The molecule has 2 aromatic rings. The molecule has 7 heteroatoms. The van der Waals surface area contributed by atoms with Crippen LogP contribution >= 0.6 is 23.2 Å². The number of H-pyrrole nitrogens is 2. The van der Waals surface area contributed by atoms with Crippen molar-refractivity contribution < 1.29 is 4.79 Å². The number of aromatic nitrogens is 2. The van der Waals surface area contributed by atoms with E-state index >= 15 is 0 Å². The van der Waals surface area contributed by atoms with Gasteiger partial charge in [0, 0.05) is 24.2 Å². The molecular formula is C13H11Cl2N3O2. The van der Waals surface area contributed by atoms with E-state index in [0.29, 0.717) is 40.7 Å². The highest BCUT2D eigenvalue weighted by atomic mass is 35.5. The molecule has 0 fully saturated rings. The van der Waals surface area contributed by atoms with Crippen molar-refractivity contribution in [1.82, 2.24) is 15.1 Å². The maximum absolute atomic E-state index is 12.4. The van der Waals surface area contributed by atoms with E-state index in [-0.39, 0.29) is 11.5 Å². The first kappa shape index (κ1) is 13.3. The molecule has 1 aromatic carbocycles. The number of nitrogens with one attached hydrogen (secondary N) is 2. The van der Waals surface area contributed by atoms with Crippen molar-refractivity contribution in [3.63, 3.8) is 0 Å². The third-order valence-corrected chi connectivity index (χ3v) is 4.14. The number of fused-ring (bicyclic) bond motifs is 1. The van der Waals surface area contributed by atoms with E-state index in [0.717, 1.165) is 5.69 Å². The molecule has 1 aromatic heterocycles. The van der Waals surface area contributed by atoms with Crippen LogP contribution in [0.1, 0.15) is 21.6 Å². The number of amides is 1. The summed E-state index contributed by atoms with van der Waals surface area (Å²) < 4.78 is 0. The zero-order valence-corrected chi connectivity index (χ0v) is 11.9. The first-order valence-electron chi connectivity index (χ1n) is 6.09. The van der Waals surface area contributed by atoms with Crippen LogP contribution in [0.3, 0.4) is 0 Å². The molecule has 0 radical (unpaired) electrons. The van der Waals surface area contributed by atoms with Crippen LogP contribution in [0.2, 0.25) is 10.0 Å². The molecule has 2 N–H and O–H groups in total. The summed E-state index contributed by atoms with van der Waals surface area (Å²) in [7, 11) is 0. The molecular weight excluding hydrogens is 301 g/mol. The van der Waals surface area contributed by atoms with Crippen molar-refractivity contribution in [3.8, 4) is 0 Å². The van der Waals surface area contributed by atoms with Gasteiger partial charge in [-0.05, 0) is 18.2 Å². The van der Waals surface area contributed by atoms with Gasteiger partial charge < -0.3 is 10.00 Å². The van der Waals surface area contributed by atoms with Gasteiger partial charge in [-0.25, -0.2) is 0 Å². The number of nitrogens with zero attached hydrogens (tertiary/aromatic N) is 1. The van der Waals surface area contributed by atoms with Crippen molar-refractivity contribution in [2.75, 3.05) is 6.54 Å². The van der Waals surface area contributed by atoms with Crippen LogP contribution < -0.4 is 5.56 Å². The van der Waals surface area contributed by atoms with E-state index in [4.69, 9.17) is 23.2 Å². The van der Waals surface area contributed by atoms with Crippen molar-refractivity contribution in [1.29, 1.82) is 0 Å². The summed E-state index contributed by atoms with van der Waals surface area (Å²) in [5.74, 6) is -0.158. The summed E-state index contributed by atoms with van der Waals surface area (Å²) in [6, 6.07) is 4.77. The van der Waals surface area contributed by atoms with Gasteiger partial charge in [0.15, 0.2) is 0 Å². The number of hydrogen-bond acceptors (Lipinski definition) is 2. The fourth-order valence-electron chi connectivity index (χ4n) is 2.30. The fraction of sp³-hybridized carbons (Fsp3) is 0.231. The highest BCUT2D eigenvalue weighted by molar-refractivity contribution is 6.42. The number of carbonyl (C=O) groups excluding carboxylic acids is 1. The first-order valence-corrected chi connectivity index (χ1v) is 6.84. The summed E-state index contributed by atoms with van der Waals surface area (Å²) in [5.41, 5.74) is 1.78. The second kappa shape index (κ2) is 5.00. The maximum atomic E-state index is 12.4. The van der Waals surface area contributed by atoms with Gasteiger partial charge in [-0.15, -0.1) is 0 Å². The normalized spacial score (nSPS) is 14.2. The zero-order valence-electron chi connectivity index (χ0n) is 10.4. The topological polar surface area (TPSA) is 69.0 Å². The molecule has 0 spiro atoms. The van der Waals surface area contributed by atoms with Gasteiger partial charge in [0.1, 0.15) is 0 Å². The largest absolute Gasteiger partial charge is 0.334 e. The fourth-order valence-corrected chi connectivity index (χ4v) is 2.60. The molecule has 0 saturated carbocycles. The second-order valence-corrected chi connectivity index (χ2v) is 5.46. The summed E-state index contributed by atoms with van der Waals surface area (Å²) in [5, 5.41) is 6.12.